The minimum Gasteiger partial charge on any atom is -0.497 e. The Morgan fingerprint density at radius 2 is 1.70 bits per heavy atom. The van der Waals surface area contributed by atoms with Crippen molar-refractivity contribution < 1.29 is 24.2 Å². The van der Waals surface area contributed by atoms with E-state index in [-0.39, 0.29) is 23.7 Å². The molecular weight excluding hydrogens is 404 g/mol. The average Bonchev–Trinajstić information content (AvgIpc) is 2.75. The zero-order valence-corrected chi connectivity index (χ0v) is 17.3. The number of hydrogen-bond donors (Lipinski definition) is 1. The predicted molar refractivity (Wildman–Crippen MR) is 115 cm³/mol. The number of benzene rings is 3. The topological polar surface area (TPSA) is 72.8 Å². The highest BCUT2D eigenvalue weighted by Gasteiger charge is 2.18. The summed E-state index contributed by atoms with van der Waals surface area (Å²) in [7, 11) is 1.57. The maximum absolute atomic E-state index is 13.0. The van der Waals surface area contributed by atoms with E-state index in [1.807, 2.05) is 6.92 Å². The summed E-state index contributed by atoms with van der Waals surface area (Å²) in [5.41, 5.74) is 1.48. The smallest absolute Gasteiger partial charge is 0.335 e. The molecule has 6 heteroatoms. The van der Waals surface area contributed by atoms with Crippen LogP contribution in [0.25, 0.3) is 0 Å². The third-order valence-corrected chi connectivity index (χ3v) is 4.96. The van der Waals surface area contributed by atoms with Crippen LogP contribution in [0.2, 0.25) is 5.02 Å². The van der Waals surface area contributed by atoms with Crippen molar-refractivity contribution in [3.05, 3.63) is 88.4 Å². The average molecular weight is 425 g/mol. The van der Waals surface area contributed by atoms with E-state index in [0.717, 1.165) is 5.56 Å². The molecule has 30 heavy (non-hydrogen) atoms. The SMILES string of the molecule is COc1cccc(Oc2ccc(Cl)cc2C(=O)C[C@@H](C)c2ccc(C(=O)O)cc2)c1. The fourth-order valence-electron chi connectivity index (χ4n) is 3.06. The number of Topliss-reactive ketones (excluding diaryl/α,β-unsaturated/α-hetero) is 1. The number of carbonyl (C=O) groups is 2. The summed E-state index contributed by atoms with van der Waals surface area (Å²) in [6, 6.07) is 18.6. The fourth-order valence-corrected chi connectivity index (χ4v) is 3.23. The van der Waals surface area contributed by atoms with Gasteiger partial charge in [-0.15, -0.1) is 0 Å². The second-order valence-corrected chi connectivity index (χ2v) is 7.31. The molecule has 0 spiro atoms. The molecule has 0 aliphatic heterocycles. The number of halogens is 1. The zero-order valence-electron chi connectivity index (χ0n) is 16.6. The van der Waals surface area contributed by atoms with Gasteiger partial charge < -0.3 is 14.6 Å². The number of ketones is 1. The number of ether oxygens (including phenoxy) is 2. The molecule has 5 nitrogen and oxygen atoms in total. The number of carbonyl (C=O) groups excluding carboxylic acids is 1. The van der Waals surface area contributed by atoms with Crippen LogP contribution in [0.3, 0.4) is 0 Å². The van der Waals surface area contributed by atoms with Crippen LogP contribution in [0.15, 0.2) is 66.7 Å². The first-order valence-corrected chi connectivity index (χ1v) is 9.73. The van der Waals surface area contributed by atoms with Crippen LogP contribution in [0.5, 0.6) is 17.2 Å². The Morgan fingerprint density at radius 3 is 2.37 bits per heavy atom. The highest BCUT2D eigenvalue weighted by Crippen LogP contribution is 2.32. The van der Waals surface area contributed by atoms with Crippen LogP contribution < -0.4 is 9.47 Å². The van der Waals surface area contributed by atoms with Crippen molar-refractivity contribution in [3.63, 3.8) is 0 Å². The van der Waals surface area contributed by atoms with E-state index in [9.17, 15) is 9.59 Å². The third-order valence-electron chi connectivity index (χ3n) is 4.73. The Bertz CT molecular complexity index is 1060. The van der Waals surface area contributed by atoms with Gasteiger partial charge in [-0.25, -0.2) is 4.79 Å². The van der Waals surface area contributed by atoms with Gasteiger partial charge in [-0.3, -0.25) is 4.79 Å². The van der Waals surface area contributed by atoms with E-state index in [0.29, 0.717) is 27.8 Å². The van der Waals surface area contributed by atoms with Gasteiger partial charge in [0, 0.05) is 17.5 Å². The van der Waals surface area contributed by atoms with E-state index in [2.05, 4.69) is 0 Å². The Morgan fingerprint density at radius 1 is 1.00 bits per heavy atom. The molecule has 0 radical (unpaired) electrons. The van der Waals surface area contributed by atoms with Gasteiger partial charge >= 0.3 is 5.97 Å². The van der Waals surface area contributed by atoms with Gasteiger partial charge in [0.2, 0.25) is 0 Å². The Hall–Kier alpha value is -3.31. The molecule has 3 rings (SSSR count). The second kappa shape index (κ2) is 9.46. The van der Waals surface area contributed by atoms with Gasteiger partial charge in [0.1, 0.15) is 17.2 Å². The molecule has 0 aliphatic rings. The minimum atomic E-state index is -0.983. The van der Waals surface area contributed by atoms with E-state index in [1.54, 1.807) is 61.7 Å². The monoisotopic (exact) mass is 424 g/mol. The third kappa shape index (κ3) is 5.19. The number of aromatic carboxylic acids is 1. The Balaban J connectivity index is 1.80. The summed E-state index contributed by atoms with van der Waals surface area (Å²) in [6.07, 6.45) is 0.223. The van der Waals surface area contributed by atoms with Gasteiger partial charge in [-0.05, 0) is 53.9 Å². The summed E-state index contributed by atoms with van der Waals surface area (Å²) >= 11 is 6.13. The maximum Gasteiger partial charge on any atom is 0.335 e. The lowest BCUT2D eigenvalue weighted by Crippen LogP contribution is -2.07. The number of hydrogen-bond acceptors (Lipinski definition) is 4. The van der Waals surface area contributed by atoms with Crippen LogP contribution in [-0.2, 0) is 0 Å². The molecule has 0 saturated carbocycles. The lowest BCUT2D eigenvalue weighted by molar-refractivity contribution is 0.0696. The number of rotatable bonds is 8. The quantitative estimate of drug-likeness (QED) is 0.435. The Kier molecular flexibility index (Phi) is 6.75. The van der Waals surface area contributed by atoms with E-state index >= 15 is 0 Å². The first-order chi connectivity index (χ1) is 14.4. The van der Waals surface area contributed by atoms with Crippen molar-refractivity contribution in [1.29, 1.82) is 0 Å². The summed E-state index contributed by atoms with van der Waals surface area (Å²) < 4.78 is 11.1. The molecule has 0 bridgehead atoms. The molecule has 3 aromatic rings. The van der Waals surface area contributed by atoms with Crippen LogP contribution >= 0.6 is 11.6 Å². The van der Waals surface area contributed by atoms with Crippen molar-refractivity contribution >= 4 is 23.4 Å². The first kappa shape index (κ1) is 21.4. The largest absolute Gasteiger partial charge is 0.497 e. The van der Waals surface area contributed by atoms with Crippen molar-refractivity contribution in [1.82, 2.24) is 0 Å². The lowest BCUT2D eigenvalue weighted by atomic mass is 9.92. The molecule has 1 N–H and O–H groups in total. The summed E-state index contributed by atoms with van der Waals surface area (Å²) in [6.45, 7) is 1.92. The van der Waals surface area contributed by atoms with Gasteiger partial charge in [-0.1, -0.05) is 36.7 Å². The van der Waals surface area contributed by atoms with Crippen LogP contribution in [0.1, 0.15) is 45.5 Å². The Labute approximate surface area is 179 Å². The van der Waals surface area contributed by atoms with Crippen LogP contribution in [0.4, 0.5) is 0 Å². The zero-order chi connectivity index (χ0) is 21.7. The fraction of sp³-hybridized carbons (Fsp3) is 0.167. The van der Waals surface area contributed by atoms with Gasteiger partial charge in [0.05, 0.1) is 18.2 Å². The molecule has 0 amide bonds. The van der Waals surface area contributed by atoms with Crippen molar-refractivity contribution in [2.75, 3.05) is 7.11 Å². The molecule has 0 aliphatic carbocycles. The van der Waals surface area contributed by atoms with Gasteiger partial charge in [0.25, 0.3) is 0 Å². The van der Waals surface area contributed by atoms with Crippen LogP contribution in [-0.4, -0.2) is 24.0 Å². The van der Waals surface area contributed by atoms with E-state index in [1.165, 1.54) is 12.1 Å². The van der Waals surface area contributed by atoms with Crippen molar-refractivity contribution in [3.8, 4) is 17.2 Å². The van der Waals surface area contributed by atoms with Crippen molar-refractivity contribution in [2.24, 2.45) is 0 Å². The molecular formula is C24H21ClO5. The highest BCUT2D eigenvalue weighted by atomic mass is 35.5. The molecule has 3 aromatic carbocycles. The lowest BCUT2D eigenvalue weighted by Gasteiger charge is -2.15. The normalized spacial score (nSPS) is 11.6. The number of carboxylic acid groups (broad SMARTS) is 1. The molecule has 0 aromatic heterocycles. The minimum absolute atomic E-state index is 0.107. The predicted octanol–water partition coefficient (Wildman–Crippen LogP) is 6.22. The number of methoxy groups -OCH3 is 1. The summed E-state index contributed by atoms with van der Waals surface area (Å²) in [5.74, 6) is 0.389. The molecule has 0 fully saturated rings. The van der Waals surface area contributed by atoms with Gasteiger partial charge in [0.15, 0.2) is 5.78 Å². The molecule has 1 atom stereocenters. The second-order valence-electron chi connectivity index (χ2n) is 6.88. The summed E-state index contributed by atoms with van der Waals surface area (Å²) in [5, 5.41) is 9.47. The molecule has 154 valence electrons. The van der Waals surface area contributed by atoms with E-state index in [4.69, 9.17) is 26.2 Å². The standard InChI is InChI=1S/C24H21ClO5/c1-15(16-6-8-17(9-7-16)24(27)28)12-22(26)21-13-18(25)10-11-23(21)30-20-5-3-4-19(14-20)29-2/h3-11,13-15H,12H2,1-2H3,(H,27,28)/t15-/m1/s1. The van der Waals surface area contributed by atoms with E-state index < -0.39 is 5.97 Å². The molecule has 0 heterocycles. The first-order valence-electron chi connectivity index (χ1n) is 9.35. The highest BCUT2D eigenvalue weighted by molar-refractivity contribution is 6.31. The number of carboxylic acids is 1. The van der Waals surface area contributed by atoms with Gasteiger partial charge in [-0.2, -0.15) is 0 Å². The summed E-state index contributed by atoms with van der Waals surface area (Å²) in [4.78, 5) is 24.0. The molecule has 0 unspecified atom stereocenters. The van der Waals surface area contributed by atoms with Crippen LogP contribution in [0, 0.1) is 0 Å². The van der Waals surface area contributed by atoms with Crippen molar-refractivity contribution in [2.45, 2.75) is 19.3 Å². The molecule has 0 saturated heterocycles. The maximum atomic E-state index is 13.0.